The van der Waals surface area contributed by atoms with Crippen LogP contribution in [0, 0.1) is 12.8 Å². The highest BCUT2D eigenvalue weighted by atomic mass is 35.5. The van der Waals surface area contributed by atoms with E-state index in [-0.39, 0.29) is 24.3 Å². The minimum atomic E-state index is -0.468. The smallest absolute Gasteiger partial charge is 0.246 e. The van der Waals surface area contributed by atoms with Gasteiger partial charge in [-0.1, -0.05) is 25.4 Å². The first kappa shape index (κ1) is 14.8. The maximum absolute atomic E-state index is 12.4. The van der Waals surface area contributed by atoms with Gasteiger partial charge < -0.3 is 10.2 Å². The summed E-state index contributed by atoms with van der Waals surface area (Å²) < 4.78 is 1.65. The van der Waals surface area contributed by atoms with Crippen molar-refractivity contribution in [2.75, 3.05) is 6.54 Å². The van der Waals surface area contributed by atoms with Gasteiger partial charge in [-0.2, -0.15) is 5.10 Å². The summed E-state index contributed by atoms with van der Waals surface area (Å²) in [6, 6.07) is -0.468. The van der Waals surface area contributed by atoms with Crippen LogP contribution < -0.4 is 5.32 Å². The molecule has 1 aliphatic heterocycles. The zero-order valence-corrected chi connectivity index (χ0v) is 12.9. The van der Waals surface area contributed by atoms with Crippen molar-refractivity contribution in [2.45, 2.75) is 33.4 Å². The highest BCUT2D eigenvalue weighted by Crippen LogP contribution is 2.22. The Hall–Kier alpha value is -1.56. The Morgan fingerprint density at radius 3 is 2.60 bits per heavy atom. The molecular formula is C13H19ClN4O2. The molecule has 0 saturated carbocycles. The van der Waals surface area contributed by atoms with E-state index >= 15 is 0 Å². The summed E-state index contributed by atoms with van der Waals surface area (Å²) in [6.45, 7) is 5.99. The second-order valence-electron chi connectivity index (χ2n) is 5.45. The Labute approximate surface area is 123 Å². The van der Waals surface area contributed by atoms with E-state index in [1.165, 1.54) is 4.90 Å². The molecule has 20 heavy (non-hydrogen) atoms. The van der Waals surface area contributed by atoms with Crippen LogP contribution in [0.4, 0.5) is 0 Å². The van der Waals surface area contributed by atoms with Gasteiger partial charge in [0.15, 0.2) is 0 Å². The molecule has 0 aliphatic carbocycles. The predicted octanol–water partition coefficient (Wildman–Crippen LogP) is 0.865. The summed E-state index contributed by atoms with van der Waals surface area (Å²) in [4.78, 5) is 25.7. The molecule has 1 fully saturated rings. The Bertz CT molecular complexity index is 553. The molecule has 1 N–H and O–H groups in total. The lowest BCUT2D eigenvalue weighted by Gasteiger charge is -2.34. The normalized spacial score (nSPS) is 19.7. The number of hydrogen-bond acceptors (Lipinski definition) is 3. The van der Waals surface area contributed by atoms with Crippen LogP contribution in [0.1, 0.15) is 25.2 Å². The minimum absolute atomic E-state index is 0.0537. The van der Waals surface area contributed by atoms with Crippen molar-refractivity contribution in [1.29, 1.82) is 0 Å². The summed E-state index contributed by atoms with van der Waals surface area (Å²) in [5.74, 6) is -0.161. The van der Waals surface area contributed by atoms with Gasteiger partial charge in [0.2, 0.25) is 11.8 Å². The zero-order valence-electron chi connectivity index (χ0n) is 12.1. The van der Waals surface area contributed by atoms with Gasteiger partial charge in [0.25, 0.3) is 0 Å². The van der Waals surface area contributed by atoms with Gasteiger partial charge in [-0.25, -0.2) is 0 Å². The lowest BCUT2D eigenvalue weighted by Crippen LogP contribution is -2.59. The molecule has 1 aliphatic rings. The maximum atomic E-state index is 12.4. The number of aromatic nitrogens is 2. The van der Waals surface area contributed by atoms with Crippen molar-refractivity contribution < 1.29 is 9.59 Å². The van der Waals surface area contributed by atoms with Gasteiger partial charge in [0, 0.05) is 7.05 Å². The lowest BCUT2D eigenvalue weighted by atomic mass is 10.0. The Morgan fingerprint density at radius 2 is 2.10 bits per heavy atom. The fourth-order valence-electron chi connectivity index (χ4n) is 2.35. The van der Waals surface area contributed by atoms with Crippen LogP contribution in [0.25, 0.3) is 0 Å². The Kier molecular flexibility index (Phi) is 4.04. The number of rotatable bonds is 3. The number of carbonyl (C=O) groups is 2. The maximum Gasteiger partial charge on any atom is 0.246 e. The van der Waals surface area contributed by atoms with E-state index < -0.39 is 6.04 Å². The largest absolute Gasteiger partial charge is 0.343 e. The van der Waals surface area contributed by atoms with Crippen LogP contribution in [-0.4, -0.2) is 39.1 Å². The van der Waals surface area contributed by atoms with E-state index in [0.29, 0.717) is 11.6 Å². The molecule has 1 atom stereocenters. The topological polar surface area (TPSA) is 67.2 Å². The molecule has 1 aromatic rings. The molecule has 2 rings (SSSR count). The molecule has 2 heterocycles. The summed E-state index contributed by atoms with van der Waals surface area (Å²) in [6.07, 6.45) is 0. The second kappa shape index (κ2) is 5.44. The molecule has 7 heteroatoms. The summed E-state index contributed by atoms with van der Waals surface area (Å²) in [5.41, 5.74) is 1.47. The third-order valence-electron chi connectivity index (χ3n) is 3.50. The molecule has 0 spiro atoms. The first-order valence-electron chi connectivity index (χ1n) is 6.57. The monoisotopic (exact) mass is 298 g/mol. The molecule has 0 bridgehead atoms. The number of aryl methyl sites for hydroxylation is 2. The fraction of sp³-hybridized carbons (Fsp3) is 0.615. The van der Waals surface area contributed by atoms with E-state index in [2.05, 4.69) is 10.4 Å². The number of halogens is 1. The van der Waals surface area contributed by atoms with E-state index in [4.69, 9.17) is 11.6 Å². The van der Waals surface area contributed by atoms with Gasteiger partial charge in [-0.3, -0.25) is 14.3 Å². The third-order valence-corrected chi connectivity index (χ3v) is 3.99. The molecule has 110 valence electrons. The quantitative estimate of drug-likeness (QED) is 0.900. The summed E-state index contributed by atoms with van der Waals surface area (Å²) >= 11 is 6.19. The van der Waals surface area contributed by atoms with Crippen LogP contribution in [0.15, 0.2) is 0 Å². The van der Waals surface area contributed by atoms with E-state index in [0.717, 1.165) is 11.4 Å². The third kappa shape index (κ3) is 2.65. The Morgan fingerprint density at radius 1 is 1.45 bits per heavy atom. The highest BCUT2D eigenvalue weighted by Gasteiger charge is 2.35. The highest BCUT2D eigenvalue weighted by molar-refractivity contribution is 6.31. The fourth-order valence-corrected chi connectivity index (χ4v) is 2.57. The number of nitrogens with zero attached hydrogens (tertiary/aromatic N) is 3. The van der Waals surface area contributed by atoms with Gasteiger partial charge in [-0.15, -0.1) is 0 Å². The van der Waals surface area contributed by atoms with Crippen molar-refractivity contribution in [2.24, 2.45) is 13.0 Å². The zero-order chi connectivity index (χ0) is 15.0. The van der Waals surface area contributed by atoms with Crippen LogP contribution in [0.2, 0.25) is 5.02 Å². The number of piperazine rings is 1. The first-order chi connectivity index (χ1) is 9.31. The SMILES string of the molecule is Cc1nn(C)c(CN2CC(=O)NC(C(C)C)C2=O)c1Cl. The van der Waals surface area contributed by atoms with Gasteiger partial charge in [0.1, 0.15) is 12.6 Å². The van der Waals surface area contributed by atoms with E-state index in [1.54, 1.807) is 11.7 Å². The van der Waals surface area contributed by atoms with Gasteiger partial charge in [-0.05, 0) is 12.8 Å². The first-order valence-corrected chi connectivity index (χ1v) is 6.95. The molecule has 2 amide bonds. The van der Waals surface area contributed by atoms with Gasteiger partial charge in [0.05, 0.1) is 23.0 Å². The van der Waals surface area contributed by atoms with Crippen molar-refractivity contribution >= 4 is 23.4 Å². The number of amides is 2. The number of nitrogens with one attached hydrogen (secondary N) is 1. The van der Waals surface area contributed by atoms with Crippen molar-refractivity contribution in [3.05, 3.63) is 16.4 Å². The molecule has 0 aromatic carbocycles. The summed E-state index contributed by atoms with van der Waals surface area (Å²) in [5, 5.41) is 7.50. The number of carbonyl (C=O) groups excluding carboxylic acids is 2. The average molecular weight is 299 g/mol. The second-order valence-corrected chi connectivity index (χ2v) is 5.83. The molecule has 1 unspecified atom stereocenters. The van der Waals surface area contributed by atoms with Crippen LogP contribution >= 0.6 is 11.6 Å². The lowest BCUT2D eigenvalue weighted by molar-refractivity contribution is -0.146. The van der Waals surface area contributed by atoms with Crippen LogP contribution in [-0.2, 0) is 23.2 Å². The Balaban J connectivity index is 2.23. The van der Waals surface area contributed by atoms with E-state index in [9.17, 15) is 9.59 Å². The summed E-state index contributed by atoms with van der Waals surface area (Å²) in [7, 11) is 1.78. The average Bonchev–Trinajstić information content (AvgIpc) is 2.59. The molecule has 6 nitrogen and oxygen atoms in total. The van der Waals surface area contributed by atoms with Crippen molar-refractivity contribution in [3.63, 3.8) is 0 Å². The van der Waals surface area contributed by atoms with Crippen molar-refractivity contribution in [1.82, 2.24) is 20.0 Å². The molecule has 1 saturated heterocycles. The minimum Gasteiger partial charge on any atom is -0.343 e. The standard InChI is InChI=1S/C13H19ClN4O2/c1-7(2)12-13(20)18(6-10(19)15-12)5-9-11(14)8(3)16-17(9)4/h7,12H,5-6H2,1-4H3,(H,15,19). The number of hydrogen-bond donors (Lipinski definition) is 1. The van der Waals surface area contributed by atoms with Crippen molar-refractivity contribution in [3.8, 4) is 0 Å². The van der Waals surface area contributed by atoms with Crippen LogP contribution in [0.3, 0.4) is 0 Å². The predicted molar refractivity (Wildman–Crippen MR) is 75.1 cm³/mol. The molecule has 1 aromatic heterocycles. The van der Waals surface area contributed by atoms with Gasteiger partial charge >= 0.3 is 0 Å². The van der Waals surface area contributed by atoms with Crippen LogP contribution in [0.5, 0.6) is 0 Å². The molecular weight excluding hydrogens is 280 g/mol. The molecule has 0 radical (unpaired) electrons. The van der Waals surface area contributed by atoms with E-state index in [1.807, 2.05) is 20.8 Å².